The zero-order valence-electron chi connectivity index (χ0n) is 24.4. The molecule has 3 aromatic rings. The Bertz CT molecular complexity index is 1480. The topological polar surface area (TPSA) is 92.6 Å². The minimum Gasteiger partial charge on any atom is -0.488 e. The molecule has 0 spiro atoms. The van der Waals surface area contributed by atoms with E-state index in [9.17, 15) is 22.8 Å². The fourth-order valence-electron chi connectivity index (χ4n) is 5.91. The van der Waals surface area contributed by atoms with Crippen LogP contribution in [0.2, 0.25) is 0 Å². The number of anilines is 1. The first-order chi connectivity index (χ1) is 20.5. The van der Waals surface area contributed by atoms with Gasteiger partial charge in [-0.25, -0.2) is 4.98 Å². The highest BCUT2D eigenvalue weighted by atomic mass is 19.4. The van der Waals surface area contributed by atoms with E-state index in [0.717, 1.165) is 51.0 Å². The Hall–Kier alpha value is -3.93. The van der Waals surface area contributed by atoms with E-state index < -0.39 is 17.8 Å². The van der Waals surface area contributed by atoms with Crippen molar-refractivity contribution in [2.45, 2.75) is 70.3 Å². The molecule has 5 rings (SSSR count). The molecule has 4 heterocycles. The number of ether oxygens (including phenoxy) is 1. The van der Waals surface area contributed by atoms with Gasteiger partial charge in [0.2, 0.25) is 11.9 Å². The van der Waals surface area contributed by atoms with Gasteiger partial charge >= 0.3 is 6.18 Å². The second-order valence-electron chi connectivity index (χ2n) is 11.4. The Labute approximate surface area is 248 Å². The van der Waals surface area contributed by atoms with Gasteiger partial charge in [0.1, 0.15) is 23.1 Å². The maximum atomic E-state index is 13.3. The van der Waals surface area contributed by atoms with Crippen molar-refractivity contribution in [3.05, 3.63) is 60.4 Å². The molecule has 2 fully saturated rings. The number of nitrogens with zero attached hydrogens (tertiary/aromatic N) is 5. The number of benzene rings is 1. The standard InChI is InChI=1S/C31H37F3N6O3/c1-4-27(41)39-15-6-5-8-22(19-39)40-28-24(9-7-10-25(28)43-23-12-16-38(17-13-23)20(2)3)36-30(40)37-29(42)21-11-14-35-26(18-21)31(32,33)34/h4,7,9-11,14,18,20,22-23H,1,5-6,8,12-13,15-17,19H2,2-3H3,(H,36,37,42)/t22-/m1/s1. The maximum Gasteiger partial charge on any atom is 0.433 e. The number of amides is 2. The normalized spacial score (nSPS) is 18.9. The second kappa shape index (κ2) is 12.7. The first-order valence-electron chi connectivity index (χ1n) is 14.7. The second-order valence-corrected chi connectivity index (χ2v) is 11.4. The van der Waals surface area contributed by atoms with Crippen LogP contribution in [0, 0.1) is 0 Å². The van der Waals surface area contributed by atoms with E-state index in [1.54, 1.807) is 4.90 Å². The Kier molecular flexibility index (Phi) is 9.05. The number of likely N-dealkylation sites (tertiary alicyclic amines) is 2. The van der Waals surface area contributed by atoms with Gasteiger partial charge in [-0.2, -0.15) is 13.2 Å². The molecule has 0 aliphatic carbocycles. The first-order valence-corrected chi connectivity index (χ1v) is 14.7. The van der Waals surface area contributed by atoms with Crippen LogP contribution in [0.25, 0.3) is 11.0 Å². The lowest BCUT2D eigenvalue weighted by molar-refractivity contribution is -0.141. The first kappa shape index (κ1) is 30.5. The number of nitrogens with one attached hydrogen (secondary N) is 1. The fraction of sp³-hybridized carbons (Fsp3) is 0.484. The molecule has 12 heteroatoms. The van der Waals surface area contributed by atoms with Crippen molar-refractivity contribution in [3.8, 4) is 5.75 Å². The fourth-order valence-corrected chi connectivity index (χ4v) is 5.91. The summed E-state index contributed by atoms with van der Waals surface area (Å²) in [7, 11) is 0. The van der Waals surface area contributed by atoms with E-state index in [-0.39, 0.29) is 29.6 Å². The van der Waals surface area contributed by atoms with E-state index in [1.807, 2.05) is 22.8 Å². The number of hydrogen-bond acceptors (Lipinski definition) is 6. The van der Waals surface area contributed by atoms with E-state index in [1.165, 1.54) is 12.1 Å². The number of piperidine rings is 1. The molecule has 0 radical (unpaired) electrons. The van der Waals surface area contributed by atoms with Crippen LogP contribution >= 0.6 is 0 Å². The van der Waals surface area contributed by atoms with Crippen molar-refractivity contribution >= 4 is 28.8 Å². The third-order valence-electron chi connectivity index (χ3n) is 8.21. The number of rotatable bonds is 7. The number of carbonyl (C=O) groups excluding carboxylic acids is 2. The van der Waals surface area contributed by atoms with Gasteiger partial charge in [0.15, 0.2) is 0 Å². The molecule has 2 aliphatic rings. The number of imidazole rings is 1. The summed E-state index contributed by atoms with van der Waals surface area (Å²) in [5.74, 6) is -0.149. The van der Waals surface area contributed by atoms with Gasteiger partial charge in [-0.05, 0) is 76.3 Å². The SMILES string of the molecule is C=CC(=O)N1CCCC[C@@H](n2c(NC(=O)c3ccnc(C(F)(F)F)c3)nc3cccc(OC4CCN(C(C)C)CC4)c32)C1. The molecule has 0 unspecified atom stereocenters. The van der Waals surface area contributed by atoms with Gasteiger partial charge in [0.05, 0.1) is 11.6 Å². The predicted molar refractivity (Wildman–Crippen MR) is 157 cm³/mol. The van der Waals surface area contributed by atoms with Crippen LogP contribution in [0.5, 0.6) is 5.75 Å². The van der Waals surface area contributed by atoms with E-state index in [2.05, 4.69) is 35.6 Å². The summed E-state index contributed by atoms with van der Waals surface area (Å²) in [4.78, 5) is 38.2. The number of aromatic nitrogens is 3. The Morgan fingerprint density at radius 3 is 2.58 bits per heavy atom. The highest BCUT2D eigenvalue weighted by molar-refractivity contribution is 6.04. The van der Waals surface area contributed by atoms with E-state index >= 15 is 0 Å². The number of fused-ring (bicyclic) bond motifs is 1. The van der Waals surface area contributed by atoms with Crippen LogP contribution in [0.1, 0.15) is 68.0 Å². The predicted octanol–water partition coefficient (Wildman–Crippen LogP) is 5.69. The average Bonchev–Trinajstić information content (AvgIpc) is 3.17. The molecule has 0 bridgehead atoms. The highest BCUT2D eigenvalue weighted by Crippen LogP contribution is 2.36. The lowest BCUT2D eigenvalue weighted by atomic mass is 10.1. The Morgan fingerprint density at radius 2 is 1.88 bits per heavy atom. The maximum absolute atomic E-state index is 13.3. The van der Waals surface area contributed by atoms with Crippen molar-refractivity contribution in [2.75, 3.05) is 31.5 Å². The minimum atomic E-state index is -4.69. The van der Waals surface area contributed by atoms with Crippen LogP contribution in [0.15, 0.2) is 49.2 Å². The van der Waals surface area contributed by atoms with Crippen molar-refractivity contribution < 1.29 is 27.5 Å². The molecule has 2 aliphatic heterocycles. The van der Waals surface area contributed by atoms with E-state index in [0.29, 0.717) is 42.3 Å². The summed E-state index contributed by atoms with van der Waals surface area (Å²) >= 11 is 0. The summed E-state index contributed by atoms with van der Waals surface area (Å²) in [6.07, 6.45) is 1.60. The quantitative estimate of drug-likeness (QED) is 0.351. The van der Waals surface area contributed by atoms with E-state index in [4.69, 9.17) is 9.72 Å². The zero-order chi connectivity index (χ0) is 30.7. The van der Waals surface area contributed by atoms with Crippen molar-refractivity contribution in [1.82, 2.24) is 24.3 Å². The highest BCUT2D eigenvalue weighted by Gasteiger charge is 2.34. The molecule has 0 saturated carbocycles. The molecular weight excluding hydrogens is 561 g/mol. The monoisotopic (exact) mass is 598 g/mol. The molecule has 9 nitrogen and oxygen atoms in total. The largest absolute Gasteiger partial charge is 0.488 e. The van der Waals surface area contributed by atoms with Gasteiger partial charge in [0.25, 0.3) is 5.91 Å². The molecular formula is C31H37F3N6O3. The summed E-state index contributed by atoms with van der Waals surface area (Å²) in [6.45, 7) is 10.8. The van der Waals surface area contributed by atoms with Gasteiger partial charge < -0.3 is 19.1 Å². The Morgan fingerprint density at radius 1 is 1.12 bits per heavy atom. The molecule has 1 N–H and O–H groups in total. The Balaban J connectivity index is 1.53. The van der Waals surface area contributed by atoms with Gasteiger partial charge in [-0.15, -0.1) is 0 Å². The molecule has 230 valence electrons. The number of carbonyl (C=O) groups is 2. The number of alkyl halides is 3. The van der Waals surface area contributed by atoms with Crippen LogP contribution in [0.3, 0.4) is 0 Å². The van der Waals surface area contributed by atoms with Crippen LogP contribution in [0.4, 0.5) is 19.1 Å². The van der Waals surface area contributed by atoms with Crippen LogP contribution in [-0.2, 0) is 11.0 Å². The molecule has 2 aromatic heterocycles. The summed E-state index contributed by atoms with van der Waals surface area (Å²) in [5, 5.41) is 2.75. The summed E-state index contributed by atoms with van der Waals surface area (Å²) in [6, 6.07) is 7.66. The number of para-hydroxylation sites is 1. The lowest BCUT2D eigenvalue weighted by Crippen LogP contribution is -2.41. The third kappa shape index (κ3) is 6.84. The summed E-state index contributed by atoms with van der Waals surface area (Å²) < 4.78 is 48.4. The molecule has 43 heavy (non-hydrogen) atoms. The molecule has 1 aromatic carbocycles. The van der Waals surface area contributed by atoms with Crippen LogP contribution < -0.4 is 10.1 Å². The average molecular weight is 599 g/mol. The third-order valence-corrected chi connectivity index (χ3v) is 8.21. The van der Waals surface area contributed by atoms with Crippen molar-refractivity contribution in [1.29, 1.82) is 0 Å². The number of halogens is 3. The lowest BCUT2D eigenvalue weighted by Gasteiger charge is -2.34. The zero-order valence-corrected chi connectivity index (χ0v) is 24.4. The summed E-state index contributed by atoms with van der Waals surface area (Å²) in [5.41, 5.74) is -0.106. The molecule has 2 saturated heterocycles. The van der Waals surface area contributed by atoms with Crippen molar-refractivity contribution in [3.63, 3.8) is 0 Å². The number of hydrogen-bond donors (Lipinski definition) is 1. The van der Waals surface area contributed by atoms with Crippen molar-refractivity contribution in [2.24, 2.45) is 0 Å². The van der Waals surface area contributed by atoms with Crippen LogP contribution in [-0.4, -0.2) is 74.5 Å². The van der Waals surface area contributed by atoms with Gasteiger partial charge in [0, 0.05) is 44.0 Å². The molecule has 2 amide bonds. The van der Waals surface area contributed by atoms with Gasteiger partial charge in [-0.1, -0.05) is 12.6 Å². The molecule has 1 atom stereocenters. The van der Waals surface area contributed by atoms with Gasteiger partial charge in [-0.3, -0.25) is 19.9 Å². The minimum absolute atomic E-state index is 0.00687. The smallest absolute Gasteiger partial charge is 0.433 e. The number of pyridine rings is 1.